The van der Waals surface area contributed by atoms with E-state index in [1.165, 1.54) is 0 Å². The van der Waals surface area contributed by atoms with Gasteiger partial charge in [0, 0.05) is 17.0 Å². The summed E-state index contributed by atoms with van der Waals surface area (Å²) in [4.78, 5) is 25.5. The van der Waals surface area contributed by atoms with Gasteiger partial charge >= 0.3 is 5.97 Å². The summed E-state index contributed by atoms with van der Waals surface area (Å²) in [6.07, 6.45) is 1.78. The number of rotatable bonds is 3. The van der Waals surface area contributed by atoms with Crippen molar-refractivity contribution in [1.29, 1.82) is 0 Å². The lowest BCUT2D eigenvalue weighted by Crippen LogP contribution is -2.21. The van der Waals surface area contributed by atoms with E-state index in [9.17, 15) is 9.59 Å². The van der Waals surface area contributed by atoms with E-state index in [0.717, 1.165) is 11.1 Å². The molecule has 3 aromatic carbocycles. The molecular formula is C26H18O7. The van der Waals surface area contributed by atoms with Crippen LogP contribution < -0.4 is 23.7 Å². The molecule has 0 saturated carbocycles. The largest absolute Gasteiger partial charge is 0.496 e. The molecule has 0 saturated heterocycles. The highest BCUT2D eigenvalue weighted by Gasteiger charge is 2.39. The minimum Gasteiger partial charge on any atom is -0.496 e. The topological polar surface area (TPSA) is 80.3 Å². The molecule has 33 heavy (non-hydrogen) atoms. The van der Waals surface area contributed by atoms with Crippen LogP contribution in [-0.2, 0) is 4.79 Å². The molecule has 7 heteroatoms. The van der Waals surface area contributed by atoms with Gasteiger partial charge in [0.1, 0.15) is 17.2 Å². The summed E-state index contributed by atoms with van der Waals surface area (Å²) >= 11 is 0. The summed E-state index contributed by atoms with van der Waals surface area (Å²) in [5.74, 6) is 1.95. The smallest absolute Gasteiger partial charge is 0.312 e. The van der Waals surface area contributed by atoms with Crippen molar-refractivity contribution in [2.75, 3.05) is 13.9 Å². The Balaban J connectivity index is 1.45. The van der Waals surface area contributed by atoms with Gasteiger partial charge in [0.2, 0.25) is 12.6 Å². The predicted octanol–water partition coefficient (Wildman–Crippen LogP) is 4.48. The molecule has 0 N–H and O–H groups in total. The molecule has 3 heterocycles. The molecule has 0 amide bonds. The molecule has 0 aliphatic carbocycles. The Kier molecular flexibility index (Phi) is 4.36. The third-order valence-corrected chi connectivity index (χ3v) is 6.00. The molecule has 0 bridgehead atoms. The summed E-state index contributed by atoms with van der Waals surface area (Å²) in [6.45, 7) is 0.159. The Bertz CT molecular complexity index is 1350. The number of ketones is 1. The van der Waals surface area contributed by atoms with Crippen LogP contribution in [0.25, 0.3) is 6.08 Å². The molecule has 3 aliphatic rings. The fraction of sp³-hybridized carbons (Fsp3) is 0.154. The second kappa shape index (κ2) is 7.41. The fourth-order valence-electron chi connectivity index (χ4n) is 4.45. The van der Waals surface area contributed by atoms with Gasteiger partial charge in [-0.05, 0) is 42.0 Å². The van der Waals surface area contributed by atoms with Gasteiger partial charge < -0.3 is 23.7 Å². The van der Waals surface area contributed by atoms with Crippen LogP contribution in [0, 0.1) is 0 Å². The molecule has 6 rings (SSSR count). The number of hydrogen-bond donors (Lipinski definition) is 0. The van der Waals surface area contributed by atoms with E-state index in [-0.39, 0.29) is 36.6 Å². The number of carbonyl (C=O) groups is 2. The van der Waals surface area contributed by atoms with Gasteiger partial charge in [-0.1, -0.05) is 24.3 Å². The zero-order valence-electron chi connectivity index (χ0n) is 17.6. The van der Waals surface area contributed by atoms with Crippen LogP contribution >= 0.6 is 0 Å². The van der Waals surface area contributed by atoms with Crippen molar-refractivity contribution >= 4 is 17.8 Å². The maximum absolute atomic E-state index is 13.2. The highest BCUT2D eigenvalue weighted by atomic mass is 16.7. The summed E-state index contributed by atoms with van der Waals surface area (Å²) in [7, 11) is 1.57. The lowest BCUT2D eigenvalue weighted by atomic mass is 9.84. The van der Waals surface area contributed by atoms with E-state index < -0.39 is 0 Å². The van der Waals surface area contributed by atoms with Gasteiger partial charge in [-0.2, -0.15) is 0 Å². The molecule has 0 spiro atoms. The number of ether oxygens (including phenoxy) is 5. The first-order valence-corrected chi connectivity index (χ1v) is 10.5. The van der Waals surface area contributed by atoms with E-state index in [2.05, 4.69) is 0 Å². The number of esters is 1. The Morgan fingerprint density at radius 3 is 2.64 bits per heavy atom. The van der Waals surface area contributed by atoms with Crippen LogP contribution in [0.4, 0.5) is 0 Å². The van der Waals surface area contributed by atoms with E-state index in [1.54, 1.807) is 25.3 Å². The average molecular weight is 442 g/mol. The number of para-hydroxylation sites is 1. The van der Waals surface area contributed by atoms with Crippen LogP contribution in [0.15, 0.2) is 60.4 Å². The number of carbonyl (C=O) groups excluding carboxylic acids is 2. The summed E-state index contributed by atoms with van der Waals surface area (Å²) in [6, 6.07) is 16.2. The molecule has 1 unspecified atom stereocenters. The Labute approximate surface area is 189 Å². The molecule has 0 aromatic heterocycles. The highest BCUT2D eigenvalue weighted by Crippen LogP contribution is 2.50. The highest BCUT2D eigenvalue weighted by molar-refractivity contribution is 6.15. The second-order valence-electron chi connectivity index (χ2n) is 7.88. The number of allylic oxidation sites excluding steroid dienone is 1. The first-order valence-electron chi connectivity index (χ1n) is 10.5. The molecule has 3 aromatic rings. The van der Waals surface area contributed by atoms with Crippen molar-refractivity contribution in [2.45, 2.75) is 12.3 Å². The van der Waals surface area contributed by atoms with Crippen molar-refractivity contribution in [1.82, 2.24) is 0 Å². The lowest BCUT2D eigenvalue weighted by Gasteiger charge is -2.26. The minimum absolute atomic E-state index is 0.117. The van der Waals surface area contributed by atoms with Crippen molar-refractivity contribution in [3.63, 3.8) is 0 Å². The summed E-state index contributed by atoms with van der Waals surface area (Å²) in [5, 5.41) is 0. The molecule has 164 valence electrons. The number of methoxy groups -OCH3 is 1. The van der Waals surface area contributed by atoms with E-state index >= 15 is 0 Å². The molecule has 0 radical (unpaired) electrons. The fourth-order valence-corrected chi connectivity index (χ4v) is 4.45. The second-order valence-corrected chi connectivity index (χ2v) is 7.88. The number of Topliss-reactive ketones (excluding diaryl/α,β-unsaturated/α-hetero) is 1. The molecule has 7 nitrogen and oxygen atoms in total. The number of hydrogen-bond acceptors (Lipinski definition) is 7. The standard InChI is InChI=1S/C26H18O7/c1-29-18-5-3-2-4-15(18)11-22-25(28)16-7-9-20-24(26(16)33-22)17(12-23(27)32-20)14-6-8-19-21(10-14)31-13-30-19/h2-11,17H,12-13H2,1H3. The van der Waals surface area contributed by atoms with E-state index in [4.69, 9.17) is 23.7 Å². The van der Waals surface area contributed by atoms with E-state index in [0.29, 0.717) is 39.9 Å². The molecule has 0 fully saturated rings. The Morgan fingerprint density at radius 2 is 1.76 bits per heavy atom. The number of fused-ring (bicyclic) bond motifs is 4. The monoisotopic (exact) mass is 442 g/mol. The van der Waals surface area contributed by atoms with Crippen LogP contribution in [0.1, 0.15) is 39.4 Å². The van der Waals surface area contributed by atoms with Gasteiger partial charge in [0.25, 0.3) is 0 Å². The SMILES string of the molecule is COc1ccccc1C=C1Oc2c(ccc3c2C(c2ccc4c(c2)OCO4)CC(=O)O3)C1=O. The molecular weight excluding hydrogens is 424 g/mol. The van der Waals surface area contributed by atoms with Crippen molar-refractivity contribution in [3.8, 4) is 28.7 Å². The Morgan fingerprint density at radius 1 is 0.939 bits per heavy atom. The number of benzene rings is 3. The maximum atomic E-state index is 13.2. The van der Waals surface area contributed by atoms with Crippen LogP contribution in [-0.4, -0.2) is 25.7 Å². The van der Waals surface area contributed by atoms with Crippen LogP contribution in [0.2, 0.25) is 0 Å². The summed E-state index contributed by atoms with van der Waals surface area (Å²) in [5.41, 5.74) is 2.67. The zero-order chi connectivity index (χ0) is 22.5. The quantitative estimate of drug-likeness (QED) is 0.336. The van der Waals surface area contributed by atoms with Gasteiger partial charge in [-0.15, -0.1) is 0 Å². The van der Waals surface area contributed by atoms with Crippen LogP contribution in [0.3, 0.4) is 0 Å². The van der Waals surface area contributed by atoms with Gasteiger partial charge in [-0.3, -0.25) is 9.59 Å². The molecule has 3 aliphatic heterocycles. The van der Waals surface area contributed by atoms with Gasteiger partial charge in [0.15, 0.2) is 17.3 Å². The normalized spacial score (nSPS) is 19.1. The first-order chi connectivity index (χ1) is 16.1. The summed E-state index contributed by atoms with van der Waals surface area (Å²) < 4.78 is 27.9. The predicted molar refractivity (Wildman–Crippen MR) is 117 cm³/mol. The van der Waals surface area contributed by atoms with Crippen molar-refractivity contribution < 1.29 is 33.3 Å². The van der Waals surface area contributed by atoms with Crippen molar-refractivity contribution in [3.05, 3.63) is 82.6 Å². The first kappa shape index (κ1) is 19.4. The van der Waals surface area contributed by atoms with Gasteiger partial charge in [-0.25, -0.2) is 0 Å². The maximum Gasteiger partial charge on any atom is 0.312 e. The van der Waals surface area contributed by atoms with E-state index in [1.807, 2.05) is 42.5 Å². The third-order valence-electron chi connectivity index (χ3n) is 6.00. The zero-order valence-corrected chi connectivity index (χ0v) is 17.6. The lowest BCUT2D eigenvalue weighted by molar-refractivity contribution is -0.135. The minimum atomic E-state index is -0.357. The third kappa shape index (κ3) is 3.12. The van der Waals surface area contributed by atoms with Crippen molar-refractivity contribution in [2.24, 2.45) is 0 Å². The Hall–Kier alpha value is -4.26. The van der Waals surface area contributed by atoms with Crippen LogP contribution in [0.5, 0.6) is 28.7 Å². The van der Waals surface area contributed by atoms with Gasteiger partial charge in [0.05, 0.1) is 19.1 Å². The average Bonchev–Trinajstić information content (AvgIpc) is 3.42. The molecule has 1 atom stereocenters.